The molecule has 2 atom stereocenters. The van der Waals surface area contributed by atoms with Crippen LogP contribution in [0, 0.1) is 5.92 Å². The quantitative estimate of drug-likeness (QED) is 0.133. The predicted molar refractivity (Wildman–Crippen MR) is 116 cm³/mol. The Morgan fingerprint density at radius 1 is 0.900 bits per heavy atom. The summed E-state index contributed by atoms with van der Waals surface area (Å²) in [6.07, 6.45) is 15.3. The molecule has 0 spiro atoms. The summed E-state index contributed by atoms with van der Waals surface area (Å²) in [6, 6.07) is 0. The molecule has 0 aliphatic carbocycles. The number of hydrogen-bond acceptors (Lipinski definition) is 5. The van der Waals surface area contributed by atoms with E-state index < -0.39 is 27.5 Å². The number of unbranched alkanes of at least 4 members (excludes halogenated alkanes) is 11. The molecule has 1 saturated heterocycles. The van der Waals surface area contributed by atoms with Gasteiger partial charge < -0.3 is 0 Å². The van der Waals surface area contributed by atoms with Crippen LogP contribution in [0.2, 0.25) is 0 Å². The van der Waals surface area contributed by atoms with Crippen molar-refractivity contribution in [3.63, 3.8) is 0 Å². The minimum absolute atomic E-state index is 0.0983. The fourth-order valence-electron chi connectivity index (χ4n) is 3.75. The fourth-order valence-corrected chi connectivity index (χ4v) is 6.50. The second-order valence-electron chi connectivity index (χ2n) is 9.22. The Bertz CT molecular complexity index is 584. The molecule has 173 valence electrons. The van der Waals surface area contributed by atoms with E-state index in [2.05, 4.69) is 20.4 Å². The van der Waals surface area contributed by atoms with Gasteiger partial charge in [0.05, 0.1) is 0 Å². The van der Waals surface area contributed by atoms with Crippen molar-refractivity contribution in [2.45, 2.75) is 117 Å². The maximum atomic E-state index is 12.5. The molecule has 0 N–H and O–H groups in total. The van der Waals surface area contributed by atoms with E-state index in [0.29, 0.717) is 12.0 Å². The Balaban J connectivity index is 1.97. The van der Waals surface area contributed by atoms with Crippen LogP contribution in [0.3, 0.4) is 0 Å². The summed E-state index contributed by atoms with van der Waals surface area (Å²) in [5, 5.41) is 0. The Morgan fingerprint density at radius 3 is 1.83 bits per heavy atom. The van der Waals surface area contributed by atoms with Crippen LogP contribution in [-0.4, -0.2) is 22.6 Å². The Morgan fingerprint density at radius 2 is 1.37 bits per heavy atom. The van der Waals surface area contributed by atoms with Crippen molar-refractivity contribution < 1.29 is 36.9 Å². The zero-order valence-corrected chi connectivity index (χ0v) is 21.1. The number of rotatable bonds is 18. The van der Waals surface area contributed by atoms with Gasteiger partial charge in [0.1, 0.15) is 0 Å². The van der Waals surface area contributed by atoms with Gasteiger partial charge in [-0.1, -0.05) is 33.1 Å². The molecule has 0 aromatic heterocycles. The SMILES string of the molecule is C=C(C)C(=O)C1C[O][Ti](=[O])([C](=O)CCCCCCCCCCCCCCC(C)C)[O]1. The molecule has 1 aliphatic heterocycles. The average Bonchev–Trinajstić information content (AvgIpc) is 3.10. The van der Waals surface area contributed by atoms with Crippen LogP contribution in [0.25, 0.3) is 0 Å². The molecular weight excluding hydrogens is 416 g/mol. The second kappa shape index (κ2) is 15.3. The average molecular weight is 459 g/mol. The second-order valence-corrected chi connectivity index (χ2v) is 12.6. The molecule has 1 fully saturated rings. The van der Waals surface area contributed by atoms with Crippen LogP contribution in [0.15, 0.2) is 12.2 Å². The zero-order chi connectivity index (χ0) is 22.4. The standard InChI is InChI=1S/C18H35O.C6H8O3.O.Ti/c1-18(2)16-14-12-10-8-6-4-3-5-7-9-11-13-15-17-19;1-4(2)6(9)5(8)3-7;;/h18H,3-16H2,1-2H3;5H,1,3H2,2H3;;/q;-2;;+2. The molecule has 0 aromatic carbocycles. The molecule has 0 bridgehead atoms. The molecule has 0 radical (unpaired) electrons. The fraction of sp³-hybridized carbons (Fsp3) is 0.833. The van der Waals surface area contributed by atoms with Crippen molar-refractivity contribution >= 4 is 9.87 Å². The summed E-state index contributed by atoms with van der Waals surface area (Å²) in [6.45, 7) is 9.62. The molecule has 5 nitrogen and oxygen atoms in total. The normalized spacial score (nSPS) is 21.3. The molecule has 0 amide bonds. The maximum absolute atomic E-state index is 12.5. The van der Waals surface area contributed by atoms with E-state index in [1.165, 1.54) is 64.2 Å². The third-order valence-electron chi connectivity index (χ3n) is 5.71. The molecule has 6 heteroatoms. The number of ketones is 1. The van der Waals surface area contributed by atoms with Crippen molar-refractivity contribution in [1.82, 2.24) is 0 Å². The minimum atomic E-state index is -4.68. The first-order valence-electron chi connectivity index (χ1n) is 12.0. The summed E-state index contributed by atoms with van der Waals surface area (Å²) >= 11 is -4.68. The van der Waals surface area contributed by atoms with Crippen molar-refractivity contribution in [2.75, 3.05) is 6.61 Å². The molecular formula is C24H43O5Ti. The van der Waals surface area contributed by atoms with Crippen LogP contribution in [0.1, 0.15) is 111 Å². The van der Waals surface area contributed by atoms with E-state index in [1.54, 1.807) is 6.92 Å². The van der Waals surface area contributed by atoms with Crippen molar-refractivity contribution in [3.05, 3.63) is 12.2 Å². The van der Waals surface area contributed by atoms with Crippen LogP contribution >= 0.6 is 0 Å². The topological polar surface area (TPSA) is 69.7 Å². The van der Waals surface area contributed by atoms with E-state index in [1.807, 2.05) is 0 Å². The van der Waals surface area contributed by atoms with Crippen LogP contribution in [0.4, 0.5) is 0 Å². The van der Waals surface area contributed by atoms with Gasteiger partial charge in [0.25, 0.3) is 0 Å². The first-order chi connectivity index (χ1) is 14.3. The summed E-state index contributed by atoms with van der Waals surface area (Å²) in [5.41, 5.74) is 0.323. The van der Waals surface area contributed by atoms with Gasteiger partial charge in [-0.2, -0.15) is 0 Å². The van der Waals surface area contributed by atoms with Gasteiger partial charge in [-0.25, -0.2) is 0 Å². The van der Waals surface area contributed by atoms with Crippen molar-refractivity contribution in [2.24, 2.45) is 5.92 Å². The monoisotopic (exact) mass is 459 g/mol. The summed E-state index contributed by atoms with van der Waals surface area (Å²) in [7, 11) is 0. The van der Waals surface area contributed by atoms with E-state index in [9.17, 15) is 12.9 Å². The summed E-state index contributed by atoms with van der Waals surface area (Å²) < 4.78 is 22.5. The van der Waals surface area contributed by atoms with E-state index in [4.69, 9.17) is 6.64 Å². The van der Waals surface area contributed by atoms with Crippen LogP contribution in [-0.2, 0) is 36.9 Å². The molecule has 1 heterocycles. The Kier molecular flexibility index (Phi) is 14.1. The first-order valence-corrected chi connectivity index (χ1v) is 14.7. The van der Waals surface area contributed by atoms with Gasteiger partial charge in [-0.3, -0.25) is 0 Å². The molecule has 0 aromatic rings. The number of Topliss-reactive ketones (excluding diaryl/α,β-unsaturated/α-hetero) is 1. The molecule has 0 saturated carbocycles. The molecule has 30 heavy (non-hydrogen) atoms. The number of carbonyl (C=O) groups excluding carboxylic acids is 2. The summed E-state index contributed by atoms with van der Waals surface area (Å²) in [5.74, 6) is 0.499. The Hall–Kier alpha value is -0.486. The molecule has 2 unspecified atom stereocenters. The number of hydrogen-bond donors (Lipinski definition) is 0. The number of carbonyl (C=O) groups is 2. The van der Waals surface area contributed by atoms with Gasteiger partial charge in [0, 0.05) is 0 Å². The zero-order valence-electron chi connectivity index (χ0n) is 19.5. The third kappa shape index (κ3) is 11.2. The van der Waals surface area contributed by atoms with Crippen molar-refractivity contribution in [1.29, 1.82) is 0 Å². The van der Waals surface area contributed by atoms with E-state index in [0.717, 1.165) is 18.8 Å². The van der Waals surface area contributed by atoms with Crippen molar-refractivity contribution in [3.8, 4) is 0 Å². The van der Waals surface area contributed by atoms with Gasteiger partial charge in [0.15, 0.2) is 0 Å². The van der Waals surface area contributed by atoms with Gasteiger partial charge >= 0.3 is 149 Å². The van der Waals surface area contributed by atoms with E-state index in [-0.39, 0.29) is 18.8 Å². The first kappa shape index (κ1) is 27.5. The van der Waals surface area contributed by atoms with Gasteiger partial charge in [-0.15, -0.1) is 0 Å². The third-order valence-corrected chi connectivity index (χ3v) is 8.95. The van der Waals surface area contributed by atoms with Crippen LogP contribution < -0.4 is 0 Å². The van der Waals surface area contributed by atoms with E-state index >= 15 is 0 Å². The van der Waals surface area contributed by atoms with Crippen LogP contribution in [0.5, 0.6) is 0 Å². The predicted octanol–water partition coefficient (Wildman–Crippen LogP) is 6.52. The Labute approximate surface area is 188 Å². The molecule has 1 aliphatic rings. The van der Waals surface area contributed by atoms with Gasteiger partial charge in [-0.05, 0) is 5.92 Å². The van der Waals surface area contributed by atoms with Gasteiger partial charge in [0.2, 0.25) is 0 Å². The summed E-state index contributed by atoms with van der Waals surface area (Å²) in [4.78, 5) is 24.1. The molecule has 1 rings (SSSR count).